The predicted octanol–water partition coefficient (Wildman–Crippen LogP) is 6.21. The molecular formula is C26H31Cl4N5O. The molecule has 10 heteroatoms. The number of hydrogen-bond donors (Lipinski definition) is 1. The van der Waals surface area contributed by atoms with E-state index < -0.39 is 0 Å². The lowest BCUT2D eigenvalue weighted by molar-refractivity contribution is -0.120. The van der Waals surface area contributed by atoms with Gasteiger partial charge in [0.15, 0.2) is 0 Å². The zero-order chi connectivity index (χ0) is 24.5. The van der Waals surface area contributed by atoms with E-state index in [0.29, 0.717) is 32.5 Å². The summed E-state index contributed by atoms with van der Waals surface area (Å²) >= 11 is 18.8. The van der Waals surface area contributed by atoms with Crippen molar-refractivity contribution in [3.05, 3.63) is 63.1 Å². The van der Waals surface area contributed by atoms with E-state index in [0.717, 1.165) is 31.7 Å². The van der Waals surface area contributed by atoms with Gasteiger partial charge in [-0.2, -0.15) is 5.10 Å². The fraction of sp³-hybridized carbons (Fsp3) is 0.462. The highest BCUT2D eigenvalue weighted by atomic mass is 35.5. The SMILES string of the molecule is C[C@H]1C(C(=O)NN2CCN(C3CCCC3)CC2)=NN(c2ccc(Cl)cc2Cl)[C@H]1c1ccc(Cl)cc1.Cl. The second-order valence-electron chi connectivity index (χ2n) is 9.61. The Bertz CT molecular complexity index is 1100. The summed E-state index contributed by atoms with van der Waals surface area (Å²) < 4.78 is 0. The Morgan fingerprint density at radius 3 is 2.22 bits per heavy atom. The van der Waals surface area contributed by atoms with E-state index >= 15 is 0 Å². The molecule has 0 radical (unpaired) electrons. The van der Waals surface area contributed by atoms with Crippen LogP contribution in [-0.4, -0.2) is 53.7 Å². The number of nitrogens with zero attached hydrogens (tertiary/aromatic N) is 4. The number of piperazine rings is 1. The Kier molecular flexibility index (Phi) is 9.08. The van der Waals surface area contributed by atoms with E-state index in [1.165, 1.54) is 25.7 Å². The monoisotopic (exact) mass is 569 g/mol. The molecule has 2 aromatic carbocycles. The molecule has 2 aromatic rings. The van der Waals surface area contributed by atoms with Crippen molar-refractivity contribution in [1.29, 1.82) is 0 Å². The molecule has 1 N–H and O–H groups in total. The van der Waals surface area contributed by atoms with Crippen molar-refractivity contribution in [2.45, 2.75) is 44.7 Å². The lowest BCUT2D eigenvalue weighted by atomic mass is 9.91. The van der Waals surface area contributed by atoms with Crippen LogP contribution in [0, 0.1) is 5.92 Å². The molecule has 5 rings (SSSR count). The molecular weight excluding hydrogens is 540 g/mol. The van der Waals surface area contributed by atoms with Gasteiger partial charge in [-0.25, -0.2) is 5.01 Å². The number of anilines is 1. The van der Waals surface area contributed by atoms with Crippen LogP contribution in [0.4, 0.5) is 5.69 Å². The van der Waals surface area contributed by atoms with Gasteiger partial charge in [-0.3, -0.25) is 20.1 Å². The summed E-state index contributed by atoms with van der Waals surface area (Å²) in [6.07, 6.45) is 5.27. The minimum absolute atomic E-state index is 0. The number of hydrazine groups is 1. The molecule has 0 unspecified atom stereocenters. The molecule has 1 saturated carbocycles. The molecule has 2 fully saturated rings. The van der Waals surface area contributed by atoms with E-state index in [4.69, 9.17) is 39.9 Å². The fourth-order valence-electron chi connectivity index (χ4n) is 5.51. The number of amides is 1. The first-order valence-electron chi connectivity index (χ1n) is 12.3. The van der Waals surface area contributed by atoms with Gasteiger partial charge in [0.2, 0.25) is 0 Å². The molecule has 6 nitrogen and oxygen atoms in total. The second-order valence-corrected chi connectivity index (χ2v) is 10.9. The topological polar surface area (TPSA) is 51.2 Å². The Morgan fingerprint density at radius 1 is 0.944 bits per heavy atom. The number of benzene rings is 2. The van der Waals surface area contributed by atoms with Crippen molar-refractivity contribution in [2.24, 2.45) is 11.0 Å². The molecule has 0 bridgehead atoms. The highest BCUT2D eigenvalue weighted by molar-refractivity contribution is 6.41. The molecule has 2 aliphatic heterocycles. The summed E-state index contributed by atoms with van der Waals surface area (Å²) in [6, 6.07) is 13.5. The Hall–Kier alpha value is -1.54. The maximum absolute atomic E-state index is 13.4. The molecule has 2 heterocycles. The Morgan fingerprint density at radius 2 is 1.58 bits per heavy atom. The first-order chi connectivity index (χ1) is 16.9. The van der Waals surface area contributed by atoms with E-state index in [1.54, 1.807) is 12.1 Å². The zero-order valence-electron chi connectivity index (χ0n) is 20.2. The maximum Gasteiger partial charge on any atom is 0.282 e. The lowest BCUT2D eigenvalue weighted by Crippen LogP contribution is -2.56. The summed E-state index contributed by atoms with van der Waals surface area (Å²) in [4.78, 5) is 16.0. The minimum atomic E-state index is -0.203. The molecule has 1 aliphatic carbocycles. The largest absolute Gasteiger partial charge is 0.298 e. The molecule has 1 saturated heterocycles. The van der Waals surface area contributed by atoms with Crippen molar-refractivity contribution >= 4 is 64.5 Å². The third-order valence-corrected chi connectivity index (χ3v) is 8.19. The van der Waals surface area contributed by atoms with Gasteiger partial charge in [0.1, 0.15) is 5.71 Å². The quantitative estimate of drug-likeness (QED) is 0.464. The molecule has 3 aliphatic rings. The van der Waals surface area contributed by atoms with Gasteiger partial charge in [-0.05, 0) is 48.7 Å². The molecule has 2 atom stereocenters. The normalized spacial score (nSPS) is 23.4. The predicted molar refractivity (Wildman–Crippen MR) is 151 cm³/mol. The van der Waals surface area contributed by atoms with Crippen LogP contribution in [-0.2, 0) is 4.79 Å². The van der Waals surface area contributed by atoms with Crippen molar-refractivity contribution in [1.82, 2.24) is 15.3 Å². The van der Waals surface area contributed by atoms with Gasteiger partial charge in [0.05, 0.1) is 16.8 Å². The third kappa shape index (κ3) is 5.79. The third-order valence-electron chi connectivity index (χ3n) is 7.40. The average Bonchev–Trinajstić information content (AvgIpc) is 3.49. The number of nitrogens with one attached hydrogen (secondary N) is 1. The minimum Gasteiger partial charge on any atom is -0.298 e. The van der Waals surface area contributed by atoms with Crippen LogP contribution >= 0.6 is 47.2 Å². The molecule has 0 spiro atoms. The number of carbonyl (C=O) groups is 1. The molecule has 36 heavy (non-hydrogen) atoms. The first-order valence-corrected chi connectivity index (χ1v) is 13.4. The highest BCUT2D eigenvalue weighted by Crippen LogP contribution is 2.42. The molecule has 1 amide bonds. The number of hydrazone groups is 1. The Labute approximate surface area is 233 Å². The highest BCUT2D eigenvalue weighted by Gasteiger charge is 2.40. The molecule has 0 aromatic heterocycles. The molecule has 194 valence electrons. The van der Waals surface area contributed by atoms with Gasteiger partial charge in [-0.15, -0.1) is 12.4 Å². The van der Waals surface area contributed by atoms with Gasteiger partial charge < -0.3 is 0 Å². The lowest BCUT2D eigenvalue weighted by Gasteiger charge is -2.38. The van der Waals surface area contributed by atoms with E-state index in [2.05, 4.69) is 10.3 Å². The van der Waals surface area contributed by atoms with Crippen LogP contribution in [0.25, 0.3) is 0 Å². The summed E-state index contributed by atoms with van der Waals surface area (Å²) in [5.41, 5.74) is 5.30. The van der Waals surface area contributed by atoms with Crippen molar-refractivity contribution in [2.75, 3.05) is 31.2 Å². The van der Waals surface area contributed by atoms with Crippen LogP contribution in [0.1, 0.15) is 44.2 Å². The van der Waals surface area contributed by atoms with Crippen molar-refractivity contribution in [3.8, 4) is 0 Å². The van der Waals surface area contributed by atoms with E-state index in [1.807, 2.05) is 47.3 Å². The Balaban J connectivity index is 0.00000304. The van der Waals surface area contributed by atoms with Crippen molar-refractivity contribution in [3.63, 3.8) is 0 Å². The van der Waals surface area contributed by atoms with Crippen LogP contribution in [0.3, 0.4) is 0 Å². The number of hydrogen-bond acceptors (Lipinski definition) is 5. The average molecular weight is 571 g/mol. The summed E-state index contributed by atoms with van der Waals surface area (Å²) in [5, 5.41) is 10.3. The zero-order valence-corrected chi connectivity index (χ0v) is 23.3. The smallest absolute Gasteiger partial charge is 0.282 e. The van der Waals surface area contributed by atoms with E-state index in [-0.39, 0.29) is 30.3 Å². The number of halogens is 4. The maximum atomic E-state index is 13.4. The van der Waals surface area contributed by atoms with Crippen LogP contribution < -0.4 is 10.4 Å². The summed E-state index contributed by atoms with van der Waals surface area (Å²) in [5.74, 6) is -0.332. The van der Waals surface area contributed by atoms with Gasteiger partial charge >= 0.3 is 0 Å². The van der Waals surface area contributed by atoms with Crippen LogP contribution in [0.2, 0.25) is 15.1 Å². The summed E-state index contributed by atoms with van der Waals surface area (Å²) in [7, 11) is 0. The number of carbonyl (C=O) groups excluding carboxylic acids is 1. The van der Waals surface area contributed by atoms with Gasteiger partial charge in [0.25, 0.3) is 5.91 Å². The number of rotatable bonds is 5. The second kappa shape index (κ2) is 11.9. The van der Waals surface area contributed by atoms with Crippen LogP contribution in [0.15, 0.2) is 47.6 Å². The van der Waals surface area contributed by atoms with Crippen molar-refractivity contribution < 1.29 is 4.79 Å². The standard InChI is InChI=1S/C26H30Cl3N5O.ClH/c1-17-24(26(35)31-33-14-12-32(13-15-33)21-4-2-3-5-21)30-34(23-11-10-20(28)16-22(23)29)25(17)18-6-8-19(27)9-7-18;/h6-11,16-17,21,25H,2-5,12-15H2,1H3,(H,31,35);1H/t17-,25+;/m0./s1. The first kappa shape index (κ1) is 27.5. The van der Waals surface area contributed by atoms with Crippen LogP contribution in [0.5, 0.6) is 0 Å². The van der Waals surface area contributed by atoms with Gasteiger partial charge in [-0.1, -0.05) is 66.7 Å². The van der Waals surface area contributed by atoms with E-state index in [9.17, 15) is 4.79 Å². The summed E-state index contributed by atoms with van der Waals surface area (Å²) in [6.45, 7) is 5.62. The van der Waals surface area contributed by atoms with Gasteiger partial charge in [0, 0.05) is 48.2 Å². The fourth-order valence-corrected chi connectivity index (χ4v) is 6.13.